The van der Waals surface area contributed by atoms with Gasteiger partial charge in [0.1, 0.15) is 0 Å². The van der Waals surface area contributed by atoms with E-state index in [1.54, 1.807) is 12.1 Å². The SMILES string of the molecule is CC1OCCC1(C)NC(=O)c1ccc(C#CCCO)cc1. The molecule has 2 rings (SSSR count). The Morgan fingerprint density at radius 1 is 1.48 bits per heavy atom. The second-order valence-electron chi connectivity index (χ2n) is 5.49. The van der Waals surface area contributed by atoms with Crippen LogP contribution in [0.5, 0.6) is 0 Å². The van der Waals surface area contributed by atoms with Crippen molar-refractivity contribution in [2.24, 2.45) is 0 Å². The molecule has 0 saturated carbocycles. The minimum absolute atomic E-state index is 0.0186. The van der Waals surface area contributed by atoms with Crippen LogP contribution in [-0.4, -0.2) is 35.9 Å². The second-order valence-corrected chi connectivity index (χ2v) is 5.49. The first-order chi connectivity index (χ1) is 10.0. The lowest BCUT2D eigenvalue weighted by Gasteiger charge is -2.28. The van der Waals surface area contributed by atoms with Crippen molar-refractivity contribution in [3.8, 4) is 11.8 Å². The van der Waals surface area contributed by atoms with Gasteiger partial charge in [0.25, 0.3) is 5.91 Å². The van der Waals surface area contributed by atoms with Crippen molar-refractivity contribution in [2.45, 2.75) is 38.3 Å². The average molecular weight is 287 g/mol. The predicted molar refractivity (Wildman–Crippen MR) is 80.9 cm³/mol. The molecule has 1 aliphatic heterocycles. The maximum absolute atomic E-state index is 12.3. The first kappa shape index (κ1) is 15.6. The Bertz CT molecular complexity index is 556. The smallest absolute Gasteiger partial charge is 0.251 e. The summed E-state index contributed by atoms with van der Waals surface area (Å²) in [6.07, 6.45) is 1.30. The molecule has 0 radical (unpaired) electrons. The van der Waals surface area contributed by atoms with Gasteiger partial charge in [0.15, 0.2) is 0 Å². The van der Waals surface area contributed by atoms with Gasteiger partial charge in [0.2, 0.25) is 0 Å². The zero-order chi connectivity index (χ0) is 15.3. The number of nitrogens with one attached hydrogen (secondary N) is 1. The Kier molecular flexibility index (Phi) is 5.00. The van der Waals surface area contributed by atoms with Crippen molar-refractivity contribution >= 4 is 5.91 Å². The minimum atomic E-state index is -0.309. The van der Waals surface area contributed by atoms with Crippen LogP contribution in [0.1, 0.15) is 42.6 Å². The molecule has 0 aliphatic carbocycles. The third kappa shape index (κ3) is 3.84. The van der Waals surface area contributed by atoms with Gasteiger partial charge in [-0.1, -0.05) is 11.8 Å². The number of hydrogen-bond acceptors (Lipinski definition) is 3. The number of aliphatic hydroxyl groups excluding tert-OH is 1. The van der Waals surface area contributed by atoms with Crippen LogP contribution in [0, 0.1) is 11.8 Å². The summed E-state index contributed by atoms with van der Waals surface area (Å²) in [5.74, 6) is 5.70. The lowest BCUT2D eigenvalue weighted by atomic mass is 9.94. The lowest BCUT2D eigenvalue weighted by molar-refractivity contribution is 0.0727. The Morgan fingerprint density at radius 3 is 2.76 bits per heavy atom. The highest BCUT2D eigenvalue weighted by atomic mass is 16.5. The molecule has 21 heavy (non-hydrogen) atoms. The highest BCUT2D eigenvalue weighted by Gasteiger charge is 2.38. The number of benzene rings is 1. The average Bonchev–Trinajstić information content (AvgIpc) is 2.79. The molecule has 0 bridgehead atoms. The van der Waals surface area contributed by atoms with Crippen molar-refractivity contribution in [1.29, 1.82) is 0 Å². The van der Waals surface area contributed by atoms with Gasteiger partial charge < -0.3 is 15.2 Å². The van der Waals surface area contributed by atoms with Crippen LogP contribution in [0.3, 0.4) is 0 Å². The molecule has 0 spiro atoms. The molecule has 4 heteroatoms. The number of carbonyl (C=O) groups excluding carboxylic acids is 1. The van der Waals surface area contributed by atoms with Gasteiger partial charge >= 0.3 is 0 Å². The Morgan fingerprint density at radius 2 is 2.19 bits per heavy atom. The highest BCUT2D eigenvalue weighted by molar-refractivity contribution is 5.94. The zero-order valence-electron chi connectivity index (χ0n) is 12.5. The molecule has 1 saturated heterocycles. The largest absolute Gasteiger partial charge is 0.395 e. The maximum atomic E-state index is 12.3. The number of rotatable bonds is 3. The van der Waals surface area contributed by atoms with E-state index in [4.69, 9.17) is 9.84 Å². The molecule has 1 amide bonds. The first-order valence-corrected chi connectivity index (χ1v) is 7.19. The Hall–Kier alpha value is -1.83. The molecule has 1 heterocycles. The van der Waals surface area contributed by atoms with Crippen LogP contribution in [0.15, 0.2) is 24.3 Å². The molecule has 1 aliphatic rings. The van der Waals surface area contributed by atoms with Gasteiger partial charge in [-0.05, 0) is 44.5 Å². The first-order valence-electron chi connectivity index (χ1n) is 7.19. The van der Waals surface area contributed by atoms with Gasteiger partial charge in [-0.25, -0.2) is 0 Å². The summed E-state index contributed by atoms with van der Waals surface area (Å²) in [6.45, 7) is 4.73. The molecule has 1 aromatic carbocycles. The van der Waals surface area contributed by atoms with Gasteiger partial charge in [0.05, 0.1) is 18.2 Å². The molecule has 1 fully saturated rings. The van der Waals surface area contributed by atoms with Crippen LogP contribution in [0.25, 0.3) is 0 Å². The number of amides is 1. The molecule has 2 unspecified atom stereocenters. The fourth-order valence-corrected chi connectivity index (χ4v) is 2.26. The summed E-state index contributed by atoms with van der Waals surface area (Å²) in [4.78, 5) is 12.3. The van der Waals surface area contributed by atoms with Crippen LogP contribution in [0.4, 0.5) is 0 Å². The Balaban J connectivity index is 2.02. The molecule has 4 nitrogen and oxygen atoms in total. The number of hydrogen-bond donors (Lipinski definition) is 2. The fraction of sp³-hybridized carbons (Fsp3) is 0.471. The maximum Gasteiger partial charge on any atom is 0.251 e. The van der Waals surface area contributed by atoms with E-state index in [2.05, 4.69) is 17.2 Å². The van der Waals surface area contributed by atoms with Gasteiger partial charge in [-0.3, -0.25) is 4.79 Å². The van der Waals surface area contributed by atoms with Crippen molar-refractivity contribution in [3.63, 3.8) is 0 Å². The van der Waals surface area contributed by atoms with E-state index < -0.39 is 0 Å². The Labute approximate surface area is 125 Å². The summed E-state index contributed by atoms with van der Waals surface area (Å²) in [7, 11) is 0. The normalized spacial score (nSPS) is 24.2. The summed E-state index contributed by atoms with van der Waals surface area (Å²) >= 11 is 0. The summed E-state index contributed by atoms with van der Waals surface area (Å²) in [5, 5.41) is 11.7. The fourth-order valence-electron chi connectivity index (χ4n) is 2.26. The summed E-state index contributed by atoms with van der Waals surface area (Å²) in [5.41, 5.74) is 1.14. The van der Waals surface area contributed by atoms with E-state index in [1.165, 1.54) is 0 Å². The van der Waals surface area contributed by atoms with E-state index in [9.17, 15) is 4.79 Å². The lowest BCUT2D eigenvalue weighted by Crippen LogP contribution is -2.50. The molecule has 0 aromatic heterocycles. The number of aliphatic hydroxyl groups is 1. The second kappa shape index (κ2) is 6.75. The molecular formula is C17H21NO3. The van der Waals surface area contributed by atoms with Crippen molar-refractivity contribution < 1.29 is 14.6 Å². The standard InChI is InChI=1S/C17H21NO3/c1-13-17(2,10-12-21-13)18-16(20)15-8-6-14(7-9-15)5-3-4-11-19/h6-9,13,19H,4,10-12H2,1-2H3,(H,18,20). The van der Waals surface area contributed by atoms with E-state index in [0.29, 0.717) is 18.6 Å². The molecular weight excluding hydrogens is 266 g/mol. The minimum Gasteiger partial charge on any atom is -0.395 e. The van der Waals surface area contributed by atoms with Gasteiger partial charge in [0, 0.05) is 24.2 Å². The monoisotopic (exact) mass is 287 g/mol. The molecule has 2 N–H and O–H groups in total. The number of ether oxygens (including phenoxy) is 1. The van der Waals surface area contributed by atoms with E-state index in [1.807, 2.05) is 26.0 Å². The third-order valence-corrected chi connectivity index (χ3v) is 3.90. The van der Waals surface area contributed by atoms with Gasteiger partial charge in [-0.2, -0.15) is 0 Å². The number of carbonyl (C=O) groups is 1. The summed E-state index contributed by atoms with van der Waals surface area (Å²) < 4.78 is 5.53. The predicted octanol–water partition coefficient (Wildman–Crippen LogP) is 1.72. The van der Waals surface area contributed by atoms with Crippen molar-refractivity contribution in [1.82, 2.24) is 5.32 Å². The van der Waals surface area contributed by atoms with Crippen LogP contribution >= 0.6 is 0 Å². The molecule has 1 aromatic rings. The third-order valence-electron chi connectivity index (χ3n) is 3.90. The van der Waals surface area contributed by atoms with Crippen LogP contribution in [-0.2, 0) is 4.74 Å². The van der Waals surface area contributed by atoms with E-state index in [0.717, 1.165) is 12.0 Å². The van der Waals surface area contributed by atoms with Gasteiger partial charge in [-0.15, -0.1) is 0 Å². The van der Waals surface area contributed by atoms with E-state index in [-0.39, 0.29) is 24.2 Å². The van der Waals surface area contributed by atoms with Crippen molar-refractivity contribution in [2.75, 3.05) is 13.2 Å². The quantitative estimate of drug-likeness (QED) is 0.832. The highest BCUT2D eigenvalue weighted by Crippen LogP contribution is 2.25. The van der Waals surface area contributed by atoms with Crippen LogP contribution < -0.4 is 5.32 Å². The van der Waals surface area contributed by atoms with E-state index >= 15 is 0 Å². The van der Waals surface area contributed by atoms with Crippen molar-refractivity contribution in [3.05, 3.63) is 35.4 Å². The molecule has 2 atom stereocenters. The van der Waals surface area contributed by atoms with Crippen LogP contribution in [0.2, 0.25) is 0 Å². The topological polar surface area (TPSA) is 58.6 Å². The molecule has 112 valence electrons. The summed E-state index contributed by atoms with van der Waals surface area (Å²) in [6, 6.07) is 7.16. The zero-order valence-corrected chi connectivity index (χ0v) is 12.5.